The molecule has 0 amide bonds. The van der Waals surface area contributed by atoms with Crippen LogP contribution < -0.4 is 10.7 Å². The Morgan fingerprint density at radius 2 is 1.76 bits per heavy atom. The molecule has 1 aromatic heterocycles. The predicted octanol–water partition coefficient (Wildman–Crippen LogP) is 3.20. The molecule has 4 nitrogen and oxygen atoms in total. The number of nitrogens with one attached hydrogen (secondary N) is 2. The van der Waals surface area contributed by atoms with E-state index in [1.807, 2.05) is 28.9 Å². The molecule has 3 rings (SSSR count). The monoisotopic (exact) mass is 287 g/mol. The van der Waals surface area contributed by atoms with E-state index < -0.39 is 0 Å². The number of hydrogen-bond acceptors (Lipinski definition) is 3. The van der Waals surface area contributed by atoms with Crippen LogP contribution >= 0.6 is 0 Å². The van der Waals surface area contributed by atoms with Crippen LogP contribution in [0.1, 0.15) is 40.5 Å². The number of rotatable bonds is 2. The molecule has 2 heterocycles. The number of aromatic nitrogens is 1. The van der Waals surface area contributed by atoms with Crippen molar-refractivity contribution in [3.05, 3.63) is 30.3 Å². The summed E-state index contributed by atoms with van der Waals surface area (Å²) in [6.45, 7) is 8.93. The fourth-order valence-corrected chi connectivity index (χ4v) is 3.87. The Hall–Kier alpha value is -1.68. The van der Waals surface area contributed by atoms with Crippen molar-refractivity contribution < 1.29 is 5.11 Å². The molecule has 1 fully saturated rings. The minimum atomic E-state index is 0.0813. The van der Waals surface area contributed by atoms with Crippen LogP contribution in [0.2, 0.25) is 0 Å². The fourth-order valence-electron chi connectivity index (χ4n) is 3.87. The molecule has 1 aromatic carbocycles. The third-order valence-electron chi connectivity index (χ3n) is 4.19. The smallest absolute Gasteiger partial charge is 0.211 e. The molecule has 0 aliphatic carbocycles. The van der Waals surface area contributed by atoms with Gasteiger partial charge in [0.25, 0.3) is 0 Å². The summed E-state index contributed by atoms with van der Waals surface area (Å²) in [5.41, 5.74) is 4.69. The Morgan fingerprint density at radius 1 is 1.14 bits per heavy atom. The van der Waals surface area contributed by atoms with Gasteiger partial charge in [-0.1, -0.05) is 18.2 Å². The molecule has 1 aliphatic rings. The molecule has 0 spiro atoms. The largest absolute Gasteiger partial charge is 0.493 e. The Kier molecular flexibility index (Phi) is 3.17. The highest BCUT2D eigenvalue weighted by Crippen LogP contribution is 2.30. The zero-order valence-corrected chi connectivity index (χ0v) is 13.3. The predicted molar refractivity (Wildman–Crippen MR) is 87.3 cm³/mol. The molecule has 0 bridgehead atoms. The van der Waals surface area contributed by atoms with Gasteiger partial charge in [0.15, 0.2) is 0 Å². The molecule has 0 saturated carbocycles. The molecule has 3 N–H and O–H groups in total. The van der Waals surface area contributed by atoms with Crippen LogP contribution in [0.4, 0.5) is 0 Å². The lowest BCUT2D eigenvalue weighted by Crippen LogP contribution is -2.61. The molecule has 1 saturated heterocycles. The van der Waals surface area contributed by atoms with Crippen molar-refractivity contribution in [3.63, 3.8) is 0 Å². The van der Waals surface area contributed by atoms with Gasteiger partial charge in [-0.25, -0.2) is 4.68 Å². The number of para-hydroxylation sites is 1. The molecular formula is C17H25N3O. The zero-order valence-electron chi connectivity index (χ0n) is 13.3. The van der Waals surface area contributed by atoms with E-state index >= 15 is 0 Å². The fraction of sp³-hybridized carbons (Fsp3) is 0.529. The van der Waals surface area contributed by atoms with Crippen LogP contribution in [0.25, 0.3) is 10.9 Å². The van der Waals surface area contributed by atoms with Gasteiger partial charge in [-0.15, -0.1) is 0 Å². The Morgan fingerprint density at radius 3 is 2.43 bits per heavy atom. The van der Waals surface area contributed by atoms with Gasteiger partial charge in [0.2, 0.25) is 5.88 Å². The second-order valence-electron chi connectivity index (χ2n) is 7.52. The SMILES string of the molecule is CC1(C)CC(Nn2c(O)cc3ccccc32)CC(C)(C)N1. The first-order valence-corrected chi connectivity index (χ1v) is 7.61. The minimum absolute atomic E-state index is 0.0813. The van der Waals surface area contributed by atoms with Crippen molar-refractivity contribution >= 4 is 10.9 Å². The number of aromatic hydroxyl groups is 1. The average molecular weight is 287 g/mol. The quantitative estimate of drug-likeness (QED) is 0.795. The molecule has 114 valence electrons. The van der Waals surface area contributed by atoms with E-state index in [2.05, 4.69) is 38.4 Å². The van der Waals surface area contributed by atoms with Crippen molar-refractivity contribution in [2.75, 3.05) is 5.43 Å². The first-order chi connectivity index (χ1) is 9.76. The van der Waals surface area contributed by atoms with Crippen LogP contribution in [0.15, 0.2) is 30.3 Å². The van der Waals surface area contributed by atoms with Gasteiger partial charge in [0.1, 0.15) is 0 Å². The van der Waals surface area contributed by atoms with Crippen LogP contribution in [-0.4, -0.2) is 26.9 Å². The standard InChI is InChI=1S/C17H25N3O/c1-16(2)10-13(11-17(3,4)19-16)18-20-14-8-6-5-7-12(14)9-15(20)21/h5-9,13,18-19,21H,10-11H2,1-4H3. The highest BCUT2D eigenvalue weighted by Gasteiger charge is 2.38. The highest BCUT2D eigenvalue weighted by molar-refractivity contribution is 5.82. The summed E-state index contributed by atoms with van der Waals surface area (Å²) in [7, 11) is 0. The minimum Gasteiger partial charge on any atom is -0.493 e. The van der Waals surface area contributed by atoms with Gasteiger partial charge < -0.3 is 15.8 Å². The van der Waals surface area contributed by atoms with E-state index in [-0.39, 0.29) is 17.0 Å². The second-order valence-corrected chi connectivity index (χ2v) is 7.52. The zero-order chi connectivity index (χ0) is 15.3. The Labute approximate surface area is 126 Å². The van der Waals surface area contributed by atoms with Crippen molar-refractivity contribution in [2.45, 2.75) is 57.7 Å². The number of fused-ring (bicyclic) bond motifs is 1. The molecule has 21 heavy (non-hydrogen) atoms. The van der Waals surface area contributed by atoms with E-state index in [9.17, 15) is 5.11 Å². The first-order valence-electron chi connectivity index (χ1n) is 7.61. The summed E-state index contributed by atoms with van der Waals surface area (Å²) in [6, 6.07) is 10.2. The van der Waals surface area contributed by atoms with E-state index in [4.69, 9.17) is 0 Å². The topological polar surface area (TPSA) is 49.2 Å². The van der Waals surface area contributed by atoms with Crippen LogP contribution in [0.3, 0.4) is 0 Å². The van der Waals surface area contributed by atoms with E-state index in [0.717, 1.165) is 23.7 Å². The van der Waals surface area contributed by atoms with Crippen LogP contribution in [-0.2, 0) is 0 Å². The average Bonchev–Trinajstić information content (AvgIpc) is 2.62. The van der Waals surface area contributed by atoms with E-state index in [1.165, 1.54) is 0 Å². The normalized spacial score (nSPS) is 21.5. The molecule has 0 radical (unpaired) electrons. The summed E-state index contributed by atoms with van der Waals surface area (Å²) < 4.78 is 1.82. The van der Waals surface area contributed by atoms with E-state index in [1.54, 1.807) is 6.07 Å². The van der Waals surface area contributed by atoms with Gasteiger partial charge >= 0.3 is 0 Å². The lowest BCUT2D eigenvalue weighted by Gasteiger charge is -2.46. The third-order valence-corrected chi connectivity index (χ3v) is 4.19. The van der Waals surface area contributed by atoms with Gasteiger partial charge in [-0.2, -0.15) is 0 Å². The molecule has 1 aliphatic heterocycles. The second kappa shape index (κ2) is 4.67. The maximum Gasteiger partial charge on any atom is 0.211 e. The lowest BCUT2D eigenvalue weighted by atomic mass is 9.80. The number of nitrogens with zero attached hydrogens (tertiary/aromatic N) is 1. The maximum absolute atomic E-state index is 10.2. The Bertz CT molecular complexity index is 641. The van der Waals surface area contributed by atoms with Gasteiger partial charge in [-0.3, -0.25) is 0 Å². The molecule has 2 aromatic rings. The summed E-state index contributed by atoms with van der Waals surface area (Å²) in [6.07, 6.45) is 2.03. The van der Waals surface area contributed by atoms with Gasteiger partial charge in [0.05, 0.1) is 5.52 Å². The number of hydrogen-bond donors (Lipinski definition) is 3. The van der Waals surface area contributed by atoms with Crippen LogP contribution in [0.5, 0.6) is 5.88 Å². The van der Waals surface area contributed by atoms with Crippen LogP contribution in [0, 0.1) is 0 Å². The molecule has 4 heteroatoms. The third kappa shape index (κ3) is 2.86. The highest BCUT2D eigenvalue weighted by atomic mass is 16.3. The molecule has 0 atom stereocenters. The number of benzene rings is 1. The number of piperidine rings is 1. The Balaban J connectivity index is 1.90. The summed E-state index contributed by atoms with van der Waals surface area (Å²) in [4.78, 5) is 0. The van der Waals surface area contributed by atoms with Gasteiger partial charge in [-0.05, 0) is 46.6 Å². The van der Waals surface area contributed by atoms with E-state index in [0.29, 0.717) is 6.04 Å². The van der Waals surface area contributed by atoms with Crippen molar-refractivity contribution in [1.82, 2.24) is 9.99 Å². The van der Waals surface area contributed by atoms with Crippen molar-refractivity contribution in [2.24, 2.45) is 0 Å². The summed E-state index contributed by atoms with van der Waals surface area (Å²) in [5.74, 6) is 0.269. The molecule has 0 unspecified atom stereocenters. The summed E-state index contributed by atoms with van der Waals surface area (Å²) >= 11 is 0. The van der Waals surface area contributed by atoms with Gasteiger partial charge in [0, 0.05) is 28.6 Å². The molecular weight excluding hydrogens is 262 g/mol. The lowest BCUT2D eigenvalue weighted by molar-refractivity contribution is 0.165. The summed E-state index contributed by atoms with van der Waals surface area (Å²) in [5, 5.41) is 14.9. The maximum atomic E-state index is 10.2. The van der Waals surface area contributed by atoms with Crippen molar-refractivity contribution in [3.8, 4) is 5.88 Å². The van der Waals surface area contributed by atoms with Crippen molar-refractivity contribution in [1.29, 1.82) is 0 Å². The first kappa shape index (κ1) is 14.3.